The SMILES string of the molecule is CN(C)C(=O)c1cn([C@@H]2CN(C(=O)OC(C)(C)C)C[C@H]2OCc2ccc(C(F)(F)F)cc2)nn1. The van der Waals surface area contributed by atoms with Gasteiger partial charge in [-0.15, -0.1) is 5.10 Å². The molecule has 0 bridgehead atoms. The summed E-state index contributed by atoms with van der Waals surface area (Å²) in [6.45, 7) is 5.68. The zero-order chi connectivity index (χ0) is 25.3. The van der Waals surface area contributed by atoms with E-state index in [1.54, 1.807) is 34.9 Å². The van der Waals surface area contributed by atoms with Crippen molar-refractivity contribution in [1.82, 2.24) is 24.8 Å². The zero-order valence-corrected chi connectivity index (χ0v) is 19.7. The van der Waals surface area contributed by atoms with Crippen LogP contribution in [0.4, 0.5) is 18.0 Å². The summed E-state index contributed by atoms with van der Waals surface area (Å²) < 4.78 is 51.4. The molecule has 1 aromatic heterocycles. The van der Waals surface area contributed by atoms with Crippen molar-refractivity contribution >= 4 is 12.0 Å². The molecule has 9 nitrogen and oxygen atoms in total. The molecule has 0 unspecified atom stereocenters. The van der Waals surface area contributed by atoms with E-state index in [0.29, 0.717) is 5.56 Å². The number of nitrogens with zero attached hydrogens (tertiary/aromatic N) is 5. The summed E-state index contributed by atoms with van der Waals surface area (Å²) in [5.41, 5.74) is -0.747. The quantitative estimate of drug-likeness (QED) is 0.648. The van der Waals surface area contributed by atoms with Crippen molar-refractivity contribution in [2.45, 2.75) is 51.3 Å². The molecule has 2 atom stereocenters. The number of rotatable bonds is 5. The van der Waals surface area contributed by atoms with Crippen LogP contribution in [0.2, 0.25) is 0 Å². The van der Waals surface area contributed by atoms with Crippen LogP contribution in [0.25, 0.3) is 0 Å². The van der Waals surface area contributed by atoms with Gasteiger partial charge in [-0.1, -0.05) is 17.3 Å². The number of amides is 2. The number of benzene rings is 1. The van der Waals surface area contributed by atoms with Gasteiger partial charge in [0.2, 0.25) is 0 Å². The fraction of sp³-hybridized carbons (Fsp3) is 0.545. The highest BCUT2D eigenvalue weighted by atomic mass is 19.4. The maximum Gasteiger partial charge on any atom is 0.416 e. The number of carbonyl (C=O) groups is 2. The molecule has 0 N–H and O–H groups in total. The molecule has 0 spiro atoms. The van der Waals surface area contributed by atoms with Crippen molar-refractivity contribution in [3.8, 4) is 0 Å². The molecule has 0 saturated carbocycles. The summed E-state index contributed by atoms with van der Waals surface area (Å²) in [6.07, 6.45) is -4.01. The van der Waals surface area contributed by atoms with Crippen molar-refractivity contribution in [1.29, 1.82) is 0 Å². The number of hydrogen-bond acceptors (Lipinski definition) is 6. The second kappa shape index (κ2) is 9.61. The summed E-state index contributed by atoms with van der Waals surface area (Å²) in [5.74, 6) is -0.324. The van der Waals surface area contributed by atoms with Crippen LogP contribution in [0, 0.1) is 0 Å². The number of halogens is 3. The number of likely N-dealkylation sites (tertiary alicyclic amines) is 1. The lowest BCUT2D eigenvalue weighted by Crippen LogP contribution is -2.36. The first kappa shape index (κ1) is 25.5. The molecule has 1 aliphatic rings. The van der Waals surface area contributed by atoms with Crippen molar-refractivity contribution in [3.05, 3.63) is 47.3 Å². The maximum atomic E-state index is 12.8. The van der Waals surface area contributed by atoms with Gasteiger partial charge in [0.15, 0.2) is 5.69 Å². The van der Waals surface area contributed by atoms with Gasteiger partial charge in [0, 0.05) is 20.6 Å². The molecule has 0 radical (unpaired) electrons. The fourth-order valence-electron chi connectivity index (χ4n) is 3.41. The highest BCUT2D eigenvalue weighted by molar-refractivity contribution is 5.91. The van der Waals surface area contributed by atoms with Crippen molar-refractivity contribution in [2.24, 2.45) is 0 Å². The minimum Gasteiger partial charge on any atom is -0.444 e. The molecule has 2 amide bonds. The summed E-state index contributed by atoms with van der Waals surface area (Å²) in [4.78, 5) is 27.7. The Morgan fingerprint density at radius 3 is 2.32 bits per heavy atom. The van der Waals surface area contributed by atoms with Gasteiger partial charge in [-0.2, -0.15) is 13.2 Å². The molecular formula is C22H28F3N5O4. The van der Waals surface area contributed by atoms with E-state index in [4.69, 9.17) is 9.47 Å². The largest absolute Gasteiger partial charge is 0.444 e. The minimum atomic E-state index is -4.42. The Morgan fingerprint density at radius 2 is 1.76 bits per heavy atom. The summed E-state index contributed by atoms with van der Waals surface area (Å²) in [7, 11) is 3.19. The van der Waals surface area contributed by atoms with Crippen LogP contribution in [0.15, 0.2) is 30.5 Å². The predicted octanol–water partition coefficient (Wildman–Crippen LogP) is 3.38. The topological polar surface area (TPSA) is 89.8 Å². The van der Waals surface area contributed by atoms with Gasteiger partial charge in [0.1, 0.15) is 5.60 Å². The van der Waals surface area contributed by atoms with Crippen LogP contribution in [-0.4, -0.2) is 75.7 Å². The average Bonchev–Trinajstić information content (AvgIpc) is 3.37. The lowest BCUT2D eigenvalue weighted by atomic mass is 10.1. The van der Waals surface area contributed by atoms with Gasteiger partial charge in [0.25, 0.3) is 5.91 Å². The van der Waals surface area contributed by atoms with Gasteiger partial charge >= 0.3 is 12.3 Å². The molecule has 2 aromatic rings. The summed E-state index contributed by atoms with van der Waals surface area (Å²) in [6, 6.07) is 4.21. The van der Waals surface area contributed by atoms with E-state index in [1.807, 2.05) is 0 Å². The first-order valence-electron chi connectivity index (χ1n) is 10.6. The van der Waals surface area contributed by atoms with Crippen LogP contribution in [0.3, 0.4) is 0 Å². The van der Waals surface area contributed by atoms with E-state index in [-0.39, 0.29) is 31.3 Å². The third-order valence-electron chi connectivity index (χ3n) is 5.11. The number of carbonyl (C=O) groups excluding carboxylic acids is 2. The van der Waals surface area contributed by atoms with E-state index < -0.39 is 35.6 Å². The molecule has 34 heavy (non-hydrogen) atoms. The molecule has 1 saturated heterocycles. The normalized spacial score (nSPS) is 18.8. The lowest BCUT2D eigenvalue weighted by Gasteiger charge is -2.24. The molecule has 0 aliphatic carbocycles. The monoisotopic (exact) mass is 483 g/mol. The highest BCUT2D eigenvalue weighted by Gasteiger charge is 2.40. The van der Waals surface area contributed by atoms with Crippen molar-refractivity contribution < 1.29 is 32.2 Å². The summed E-state index contributed by atoms with van der Waals surface area (Å²) in [5, 5.41) is 7.97. The second-order valence-corrected chi connectivity index (χ2v) is 9.28. The number of hydrogen-bond donors (Lipinski definition) is 0. The third kappa shape index (κ3) is 6.25. The molecule has 1 aliphatic heterocycles. The molecule has 12 heteroatoms. The third-order valence-corrected chi connectivity index (χ3v) is 5.11. The Labute approximate surface area is 195 Å². The van der Waals surface area contributed by atoms with Gasteiger partial charge in [-0.3, -0.25) is 4.79 Å². The average molecular weight is 483 g/mol. The van der Waals surface area contributed by atoms with E-state index in [2.05, 4.69) is 10.3 Å². The van der Waals surface area contributed by atoms with E-state index >= 15 is 0 Å². The van der Waals surface area contributed by atoms with E-state index in [9.17, 15) is 22.8 Å². The molecule has 1 aromatic carbocycles. The molecule has 2 heterocycles. The highest BCUT2D eigenvalue weighted by Crippen LogP contribution is 2.30. The van der Waals surface area contributed by atoms with Gasteiger partial charge in [-0.25, -0.2) is 9.48 Å². The first-order valence-corrected chi connectivity index (χ1v) is 10.6. The molecular weight excluding hydrogens is 455 g/mol. The van der Waals surface area contributed by atoms with Crippen LogP contribution < -0.4 is 0 Å². The Balaban J connectivity index is 1.77. The number of alkyl halides is 3. The fourth-order valence-corrected chi connectivity index (χ4v) is 3.41. The van der Waals surface area contributed by atoms with Crippen molar-refractivity contribution in [2.75, 3.05) is 27.2 Å². The Hall–Kier alpha value is -3.15. The predicted molar refractivity (Wildman–Crippen MR) is 115 cm³/mol. The van der Waals surface area contributed by atoms with E-state index in [0.717, 1.165) is 12.1 Å². The smallest absolute Gasteiger partial charge is 0.416 e. The maximum absolute atomic E-state index is 12.8. The molecule has 1 fully saturated rings. The zero-order valence-electron chi connectivity index (χ0n) is 19.7. The van der Waals surface area contributed by atoms with Crippen LogP contribution in [-0.2, 0) is 22.3 Å². The van der Waals surface area contributed by atoms with Crippen LogP contribution in [0.1, 0.15) is 48.4 Å². The van der Waals surface area contributed by atoms with Crippen molar-refractivity contribution in [3.63, 3.8) is 0 Å². The first-order chi connectivity index (χ1) is 15.7. The summed E-state index contributed by atoms with van der Waals surface area (Å²) >= 11 is 0. The minimum absolute atomic E-state index is 0.0274. The van der Waals surface area contributed by atoms with E-state index in [1.165, 1.54) is 32.8 Å². The van der Waals surface area contributed by atoms with Gasteiger partial charge < -0.3 is 19.3 Å². The Kier molecular flexibility index (Phi) is 7.20. The lowest BCUT2D eigenvalue weighted by molar-refractivity contribution is -0.137. The van der Waals surface area contributed by atoms with Gasteiger partial charge in [-0.05, 0) is 38.5 Å². The van der Waals surface area contributed by atoms with Crippen LogP contribution >= 0.6 is 0 Å². The number of aromatic nitrogens is 3. The standard InChI is InChI=1S/C22H28F3N5O4/c1-21(2,3)34-20(32)29-11-17(30-10-16(26-27-30)19(31)28(4)5)18(12-29)33-13-14-6-8-15(9-7-14)22(23,24)25/h6-10,17-18H,11-13H2,1-5H3/t17-,18-/m1/s1. The Bertz CT molecular complexity index is 1010. The Morgan fingerprint density at radius 1 is 1.12 bits per heavy atom. The van der Waals surface area contributed by atoms with Crippen LogP contribution in [0.5, 0.6) is 0 Å². The molecule has 186 valence electrons. The second-order valence-electron chi connectivity index (χ2n) is 9.28. The van der Waals surface area contributed by atoms with Gasteiger partial charge in [0.05, 0.1) is 37.1 Å². The molecule has 3 rings (SSSR count). The number of ether oxygens (including phenoxy) is 2.